The third-order valence-electron chi connectivity index (χ3n) is 1.38. The number of rotatable bonds is 2. The van der Waals surface area contributed by atoms with Crippen molar-refractivity contribution >= 4 is 17.9 Å². The van der Waals surface area contributed by atoms with Crippen LogP contribution in [0.2, 0.25) is 5.02 Å². The zero-order valence-electron chi connectivity index (χ0n) is 5.68. The summed E-state index contributed by atoms with van der Waals surface area (Å²) < 4.78 is 12.1. The van der Waals surface area contributed by atoms with Gasteiger partial charge in [0.25, 0.3) is 0 Å². The fraction of sp³-hybridized carbons (Fsp3) is 0.125. The summed E-state index contributed by atoms with van der Waals surface area (Å²) in [4.78, 5) is 10.3. The molecule has 0 aromatic heterocycles. The quantitative estimate of drug-likeness (QED) is 0.627. The Bertz CT molecular complexity index is 273. The number of halogens is 2. The van der Waals surface area contributed by atoms with Gasteiger partial charge in [0.05, 0.1) is 0 Å². The lowest BCUT2D eigenvalue weighted by Gasteiger charge is -1.98. The number of carbonyl (C=O) groups excluding carboxylic acids is 1. The number of carbonyl (C=O) groups is 1. The van der Waals surface area contributed by atoms with Crippen LogP contribution in [0.15, 0.2) is 18.2 Å². The van der Waals surface area contributed by atoms with Crippen molar-refractivity contribution in [3.63, 3.8) is 0 Å². The Morgan fingerprint density at radius 2 is 2.27 bits per heavy atom. The molecule has 0 aliphatic rings. The van der Waals surface area contributed by atoms with Crippen molar-refractivity contribution < 1.29 is 9.18 Å². The van der Waals surface area contributed by atoms with Crippen LogP contribution in [-0.2, 0) is 6.67 Å². The Hall–Kier alpha value is -0.890. The molecule has 0 saturated carbocycles. The van der Waals surface area contributed by atoms with E-state index in [1.165, 1.54) is 12.1 Å². The lowest BCUT2D eigenvalue weighted by Crippen LogP contribution is -1.88. The fourth-order valence-electron chi connectivity index (χ4n) is 0.805. The molecule has 0 amide bonds. The first-order valence-corrected chi connectivity index (χ1v) is 3.45. The van der Waals surface area contributed by atoms with Crippen molar-refractivity contribution in [2.45, 2.75) is 6.67 Å². The van der Waals surface area contributed by atoms with Crippen molar-refractivity contribution in [2.24, 2.45) is 0 Å². The Labute approximate surface area is 68.8 Å². The summed E-state index contributed by atoms with van der Waals surface area (Å²) in [5.41, 5.74) is 0.699. The van der Waals surface area contributed by atoms with E-state index in [0.29, 0.717) is 22.4 Å². The van der Waals surface area contributed by atoms with E-state index >= 15 is 0 Å². The maximum absolute atomic E-state index is 12.1. The predicted molar refractivity (Wildman–Crippen MR) is 41.7 cm³/mol. The predicted octanol–water partition coefficient (Wildman–Crippen LogP) is 2.62. The molecule has 0 fully saturated rings. The Kier molecular flexibility index (Phi) is 2.60. The van der Waals surface area contributed by atoms with Crippen LogP contribution in [0, 0.1) is 0 Å². The summed E-state index contributed by atoms with van der Waals surface area (Å²) in [6, 6.07) is 4.51. The van der Waals surface area contributed by atoms with Crippen LogP contribution in [0.5, 0.6) is 0 Å². The second-order valence-electron chi connectivity index (χ2n) is 2.09. The summed E-state index contributed by atoms with van der Waals surface area (Å²) in [6.45, 7) is -0.658. The summed E-state index contributed by atoms with van der Waals surface area (Å²) in [7, 11) is 0. The average Bonchev–Trinajstić information content (AvgIpc) is 2.04. The maximum Gasteiger partial charge on any atom is 0.150 e. The highest BCUT2D eigenvalue weighted by Gasteiger charge is 2.00. The van der Waals surface area contributed by atoms with Gasteiger partial charge in [-0.25, -0.2) is 4.39 Å². The Morgan fingerprint density at radius 1 is 1.55 bits per heavy atom. The Morgan fingerprint density at radius 3 is 2.82 bits per heavy atom. The summed E-state index contributed by atoms with van der Waals surface area (Å²) in [5, 5.41) is 0.447. The first kappa shape index (κ1) is 8.21. The summed E-state index contributed by atoms with van der Waals surface area (Å²) >= 11 is 5.57. The van der Waals surface area contributed by atoms with Crippen LogP contribution in [0.1, 0.15) is 15.9 Å². The average molecular weight is 173 g/mol. The molecule has 0 heterocycles. The highest BCUT2D eigenvalue weighted by Crippen LogP contribution is 2.15. The van der Waals surface area contributed by atoms with Gasteiger partial charge in [-0.2, -0.15) is 0 Å². The number of aldehydes is 1. The van der Waals surface area contributed by atoms with Crippen molar-refractivity contribution in [1.82, 2.24) is 0 Å². The molecule has 0 N–H and O–H groups in total. The molecule has 1 rings (SSSR count). The van der Waals surface area contributed by atoms with Crippen molar-refractivity contribution in [3.05, 3.63) is 34.3 Å². The van der Waals surface area contributed by atoms with Crippen LogP contribution in [0.25, 0.3) is 0 Å². The van der Waals surface area contributed by atoms with E-state index < -0.39 is 6.67 Å². The van der Waals surface area contributed by atoms with E-state index in [-0.39, 0.29) is 0 Å². The van der Waals surface area contributed by atoms with E-state index in [2.05, 4.69) is 0 Å². The molecule has 0 radical (unpaired) electrons. The Balaban J connectivity index is 3.16. The summed E-state index contributed by atoms with van der Waals surface area (Å²) in [5.74, 6) is 0. The third-order valence-corrected chi connectivity index (χ3v) is 1.61. The molecule has 1 aromatic rings. The van der Waals surface area contributed by atoms with E-state index in [1.807, 2.05) is 0 Å². The van der Waals surface area contributed by atoms with E-state index in [1.54, 1.807) is 6.07 Å². The third kappa shape index (κ3) is 1.77. The monoisotopic (exact) mass is 172 g/mol. The zero-order valence-corrected chi connectivity index (χ0v) is 6.44. The van der Waals surface area contributed by atoms with Gasteiger partial charge in [-0.05, 0) is 23.8 Å². The molecule has 0 spiro atoms. The minimum absolute atomic E-state index is 0.340. The topological polar surface area (TPSA) is 17.1 Å². The molecule has 0 aliphatic carbocycles. The number of benzene rings is 1. The molecule has 58 valence electrons. The molecule has 0 atom stereocenters. The largest absolute Gasteiger partial charge is 0.298 e. The van der Waals surface area contributed by atoms with Gasteiger partial charge in [0, 0.05) is 10.6 Å². The van der Waals surface area contributed by atoms with Crippen molar-refractivity contribution in [2.75, 3.05) is 0 Å². The lowest BCUT2D eigenvalue weighted by atomic mass is 10.1. The molecule has 0 aliphatic heterocycles. The molecule has 0 saturated heterocycles. The maximum atomic E-state index is 12.1. The lowest BCUT2D eigenvalue weighted by molar-refractivity contribution is 0.112. The molecular formula is C8H6ClFO. The van der Waals surface area contributed by atoms with Crippen LogP contribution < -0.4 is 0 Å². The smallest absolute Gasteiger partial charge is 0.150 e. The summed E-state index contributed by atoms with van der Waals surface area (Å²) in [6.07, 6.45) is 0.616. The highest BCUT2D eigenvalue weighted by atomic mass is 35.5. The second-order valence-corrected chi connectivity index (χ2v) is 2.53. The van der Waals surface area contributed by atoms with Gasteiger partial charge in [-0.1, -0.05) is 11.6 Å². The first-order chi connectivity index (χ1) is 5.27. The molecule has 1 nitrogen and oxygen atoms in total. The SMILES string of the molecule is O=Cc1ccc(Cl)cc1CF. The minimum Gasteiger partial charge on any atom is -0.298 e. The highest BCUT2D eigenvalue weighted by molar-refractivity contribution is 6.30. The normalized spacial score (nSPS) is 9.64. The second kappa shape index (κ2) is 3.49. The van der Waals surface area contributed by atoms with Gasteiger partial charge < -0.3 is 0 Å². The zero-order chi connectivity index (χ0) is 8.27. The molecule has 3 heteroatoms. The van der Waals surface area contributed by atoms with Gasteiger partial charge in [0.2, 0.25) is 0 Å². The fourth-order valence-corrected chi connectivity index (χ4v) is 1.000. The van der Waals surface area contributed by atoms with Crippen molar-refractivity contribution in [1.29, 1.82) is 0 Å². The van der Waals surface area contributed by atoms with Crippen molar-refractivity contribution in [3.8, 4) is 0 Å². The van der Waals surface area contributed by atoms with E-state index in [0.717, 1.165) is 0 Å². The van der Waals surface area contributed by atoms with E-state index in [4.69, 9.17) is 11.6 Å². The molecular weight excluding hydrogens is 167 g/mol. The number of alkyl halides is 1. The van der Waals surface area contributed by atoms with E-state index in [9.17, 15) is 9.18 Å². The van der Waals surface area contributed by atoms with Crippen LogP contribution in [0.3, 0.4) is 0 Å². The molecule has 0 bridgehead atoms. The van der Waals surface area contributed by atoms with Gasteiger partial charge in [-0.15, -0.1) is 0 Å². The molecule has 11 heavy (non-hydrogen) atoms. The minimum atomic E-state index is -0.658. The van der Waals surface area contributed by atoms with Crippen LogP contribution in [-0.4, -0.2) is 6.29 Å². The van der Waals surface area contributed by atoms with Gasteiger partial charge in [-0.3, -0.25) is 4.79 Å². The molecule has 0 unspecified atom stereocenters. The van der Waals surface area contributed by atoms with Gasteiger partial charge >= 0.3 is 0 Å². The number of hydrogen-bond acceptors (Lipinski definition) is 1. The van der Waals surface area contributed by atoms with Crippen LogP contribution >= 0.6 is 11.6 Å². The van der Waals surface area contributed by atoms with Gasteiger partial charge in [0.1, 0.15) is 13.0 Å². The number of hydrogen-bond donors (Lipinski definition) is 0. The first-order valence-electron chi connectivity index (χ1n) is 3.07. The standard InChI is InChI=1S/C8H6ClFO/c9-8-2-1-6(5-11)7(3-8)4-10/h1-3,5H,4H2. The molecule has 1 aromatic carbocycles. The van der Waals surface area contributed by atoms with Gasteiger partial charge in [0.15, 0.2) is 0 Å². The van der Waals surface area contributed by atoms with Crippen LogP contribution in [0.4, 0.5) is 4.39 Å².